The van der Waals surface area contributed by atoms with Gasteiger partial charge in [-0.2, -0.15) is 5.26 Å². The quantitative estimate of drug-likeness (QED) is 0.0339. The minimum absolute atomic E-state index is 0.0633. The number of hydrogen-bond donors (Lipinski definition) is 0. The lowest BCUT2D eigenvalue weighted by Gasteiger charge is -2.42. The molecule has 62 heavy (non-hydrogen) atoms. The number of rotatable bonds is 19. The van der Waals surface area contributed by atoms with Gasteiger partial charge in [-0.1, -0.05) is 93.6 Å². The van der Waals surface area contributed by atoms with E-state index >= 15 is 0 Å². The maximum atomic E-state index is 9.59. The predicted octanol–water partition coefficient (Wildman–Crippen LogP) is 9.86. The van der Waals surface area contributed by atoms with Crippen molar-refractivity contribution >= 4 is 33.8 Å². The van der Waals surface area contributed by atoms with E-state index in [2.05, 4.69) is 114 Å². The third-order valence-corrected chi connectivity index (χ3v) is 18.4. The Morgan fingerprint density at radius 3 is 1.98 bits per heavy atom. The van der Waals surface area contributed by atoms with Crippen LogP contribution in [0, 0.1) is 11.3 Å². The van der Waals surface area contributed by atoms with Crippen molar-refractivity contribution < 1.29 is 27.7 Å². The van der Waals surface area contributed by atoms with Crippen LogP contribution in [0.25, 0.3) is 11.2 Å². The molecule has 5 aromatic rings. The number of imidazole rings is 1. The van der Waals surface area contributed by atoms with E-state index in [1.807, 2.05) is 72.1 Å². The molecular weight excluding hydrogens is 818 g/mol. The molecular formula is C47H64N7O6PSi. The second-order valence-corrected chi connectivity index (χ2v) is 24.1. The van der Waals surface area contributed by atoms with Crippen molar-refractivity contribution in [1.82, 2.24) is 24.2 Å². The molecule has 332 valence electrons. The minimum atomic E-state index is -2.55. The molecule has 1 unspecified atom stereocenters. The van der Waals surface area contributed by atoms with Crippen molar-refractivity contribution in [2.45, 2.75) is 115 Å². The van der Waals surface area contributed by atoms with E-state index < -0.39 is 47.0 Å². The van der Waals surface area contributed by atoms with Crippen molar-refractivity contribution in [3.63, 3.8) is 0 Å². The molecule has 2 aromatic heterocycles. The summed E-state index contributed by atoms with van der Waals surface area (Å²) in [7, 11) is 1.25. The Kier molecular flexibility index (Phi) is 15.3. The molecule has 3 aromatic carbocycles. The molecule has 13 nitrogen and oxygen atoms in total. The molecule has 0 radical (unpaired) electrons. The van der Waals surface area contributed by atoms with Crippen LogP contribution in [0.1, 0.15) is 77.8 Å². The number of fused-ring (bicyclic) bond motifs is 1. The summed E-state index contributed by atoms with van der Waals surface area (Å²) in [4.78, 5) is 16.1. The zero-order valence-corrected chi connectivity index (χ0v) is 40.2. The monoisotopic (exact) mass is 881 g/mol. The number of aromatic nitrogens is 4. The molecule has 1 aliphatic heterocycles. The van der Waals surface area contributed by atoms with Gasteiger partial charge >= 0.3 is 0 Å². The Labute approximate surface area is 370 Å². The van der Waals surface area contributed by atoms with Crippen molar-refractivity contribution in [2.75, 3.05) is 39.3 Å². The van der Waals surface area contributed by atoms with Gasteiger partial charge in [-0.3, -0.25) is 4.57 Å². The average molecular weight is 882 g/mol. The Bertz CT molecular complexity index is 2180. The fraction of sp³-hybridized carbons (Fsp3) is 0.489. The lowest BCUT2D eigenvalue weighted by atomic mass is 9.80. The van der Waals surface area contributed by atoms with Gasteiger partial charge in [0.1, 0.15) is 36.0 Å². The molecule has 0 saturated carbocycles. The maximum absolute atomic E-state index is 9.59. The molecule has 0 N–H and O–H groups in total. The van der Waals surface area contributed by atoms with Crippen molar-refractivity contribution in [1.29, 1.82) is 5.26 Å². The molecule has 0 spiro atoms. The van der Waals surface area contributed by atoms with Gasteiger partial charge in [-0.05, 0) is 74.7 Å². The molecule has 1 fully saturated rings. The van der Waals surface area contributed by atoms with E-state index in [1.165, 1.54) is 0 Å². The topological polar surface area (TPSA) is 129 Å². The number of ether oxygens (including phenoxy) is 3. The van der Waals surface area contributed by atoms with Gasteiger partial charge in [0.2, 0.25) is 0 Å². The number of nitrogens with zero attached hydrogens (tertiary/aromatic N) is 7. The number of anilines is 1. The number of benzene rings is 3. The molecule has 5 atom stereocenters. The highest BCUT2D eigenvalue weighted by Gasteiger charge is 2.54. The predicted molar refractivity (Wildman–Crippen MR) is 247 cm³/mol. The van der Waals surface area contributed by atoms with E-state index in [0.717, 1.165) is 22.4 Å². The van der Waals surface area contributed by atoms with E-state index in [1.54, 1.807) is 19.8 Å². The maximum Gasteiger partial charge on any atom is 0.259 e. The van der Waals surface area contributed by atoms with Crippen LogP contribution in [0.4, 0.5) is 5.82 Å². The Hall–Kier alpha value is -4.29. The summed E-state index contributed by atoms with van der Waals surface area (Å²) in [6, 6.07) is 30.9. The van der Waals surface area contributed by atoms with Crippen LogP contribution in [0.3, 0.4) is 0 Å². The van der Waals surface area contributed by atoms with Gasteiger partial charge in [-0.25, -0.2) is 19.6 Å². The third-order valence-electron chi connectivity index (χ3n) is 11.8. The van der Waals surface area contributed by atoms with Gasteiger partial charge in [0, 0.05) is 26.2 Å². The van der Waals surface area contributed by atoms with Crippen LogP contribution in [0.2, 0.25) is 18.1 Å². The Balaban J connectivity index is 1.56. The van der Waals surface area contributed by atoms with Crippen LogP contribution in [-0.4, -0.2) is 97.3 Å². The fourth-order valence-electron chi connectivity index (χ4n) is 7.72. The highest BCUT2D eigenvalue weighted by atomic mass is 31.2. The lowest BCUT2D eigenvalue weighted by Crippen LogP contribution is -2.50. The number of hydrogen-bond acceptors (Lipinski definition) is 12. The Morgan fingerprint density at radius 2 is 1.45 bits per heavy atom. The molecule has 0 amide bonds. The van der Waals surface area contributed by atoms with E-state index in [4.69, 9.17) is 37.7 Å². The van der Waals surface area contributed by atoms with Crippen LogP contribution in [-0.2, 0) is 28.5 Å². The molecule has 0 bridgehead atoms. The van der Waals surface area contributed by atoms with Crippen molar-refractivity contribution in [2.24, 2.45) is 0 Å². The molecule has 15 heteroatoms. The van der Waals surface area contributed by atoms with E-state index in [0.29, 0.717) is 17.0 Å². The fourth-order valence-corrected chi connectivity index (χ4v) is 10.8. The first-order chi connectivity index (χ1) is 29.5. The van der Waals surface area contributed by atoms with Crippen LogP contribution >= 0.6 is 8.53 Å². The summed E-state index contributed by atoms with van der Waals surface area (Å²) >= 11 is 0. The summed E-state index contributed by atoms with van der Waals surface area (Å²) in [5.41, 5.74) is 2.97. The molecule has 1 saturated heterocycles. The second-order valence-electron chi connectivity index (χ2n) is 17.9. The summed E-state index contributed by atoms with van der Waals surface area (Å²) in [6.07, 6.45) is 0.735. The average Bonchev–Trinajstić information content (AvgIpc) is 3.82. The van der Waals surface area contributed by atoms with Crippen molar-refractivity contribution in [3.8, 4) is 11.8 Å². The van der Waals surface area contributed by atoms with Gasteiger partial charge < -0.3 is 32.6 Å². The zero-order chi connectivity index (χ0) is 44.8. The van der Waals surface area contributed by atoms with Gasteiger partial charge in [0.15, 0.2) is 31.5 Å². The first-order valence-electron chi connectivity index (χ1n) is 21.4. The van der Waals surface area contributed by atoms with Crippen LogP contribution < -0.4 is 9.64 Å². The SMILES string of the molecule is COc1ccc(C(OC[C@H]2O[C@@H](n3cnc4c(N(C)C)ncnc43)[C@H](O[Si](C)(C)C(C)(C)C)[C@@H]2OP(OCCC#N)N(C(C)C)C(C)C)(c2ccccc2)c2ccccc2)cc1. The molecule has 3 heterocycles. The number of methoxy groups -OCH3 is 1. The highest BCUT2D eigenvalue weighted by molar-refractivity contribution is 7.44. The van der Waals surface area contributed by atoms with Crippen molar-refractivity contribution in [3.05, 3.63) is 114 Å². The smallest absolute Gasteiger partial charge is 0.259 e. The third kappa shape index (κ3) is 9.91. The van der Waals surface area contributed by atoms with Gasteiger partial charge in [0.25, 0.3) is 8.53 Å². The summed E-state index contributed by atoms with van der Waals surface area (Å²) in [5, 5.41) is 9.43. The minimum Gasteiger partial charge on any atom is -0.497 e. The first kappa shape index (κ1) is 47.2. The molecule has 0 aliphatic carbocycles. The molecule has 1 aliphatic rings. The summed E-state index contributed by atoms with van der Waals surface area (Å²) < 4.78 is 46.1. The largest absolute Gasteiger partial charge is 0.497 e. The summed E-state index contributed by atoms with van der Waals surface area (Å²) in [6.45, 7) is 20.0. The van der Waals surface area contributed by atoms with E-state index in [-0.39, 0.29) is 36.8 Å². The van der Waals surface area contributed by atoms with Gasteiger partial charge in [0.05, 0.1) is 39.1 Å². The van der Waals surface area contributed by atoms with Crippen LogP contribution in [0.15, 0.2) is 97.6 Å². The zero-order valence-electron chi connectivity index (χ0n) is 38.4. The van der Waals surface area contributed by atoms with E-state index in [9.17, 15) is 5.26 Å². The standard InChI is InChI=1S/C47H64N7O6PSi/c1-33(2)54(34(3)4)61(57-29-19-28-48)59-41-39(30-56-47(35-20-15-13-16-21-35,36-22-17-14-18-23-36)37-24-26-38(55-10)27-25-37)58-45(42(41)60-62(11,12)46(5,6)7)53-32-51-40-43(52(8)9)49-31-50-44(40)53/h13-18,20-27,31-34,39,41-42,45H,19,29-30H2,1-12H3/t39-,41-,42-,45-,61?/m1/s1. The summed E-state index contributed by atoms with van der Waals surface area (Å²) in [5.74, 6) is 1.43. The highest BCUT2D eigenvalue weighted by Crippen LogP contribution is 2.53. The number of nitriles is 1. The van der Waals surface area contributed by atoms with Crippen LogP contribution in [0.5, 0.6) is 5.75 Å². The van der Waals surface area contributed by atoms with Gasteiger partial charge in [-0.15, -0.1) is 0 Å². The lowest BCUT2D eigenvalue weighted by molar-refractivity contribution is -0.0926. The second kappa shape index (κ2) is 20.0. The normalized spacial score (nSPS) is 19.1. The first-order valence-corrected chi connectivity index (χ1v) is 25.4. The molecule has 6 rings (SSSR count). The Morgan fingerprint density at radius 1 is 0.855 bits per heavy atom.